The Balaban J connectivity index is 0.00000200. The van der Waals surface area contributed by atoms with Crippen LogP contribution < -0.4 is 11.1 Å². The molecular formula is C12H18ClN3O3S. The van der Waals surface area contributed by atoms with Crippen LogP contribution in [0.1, 0.15) is 17.3 Å². The molecular weight excluding hydrogens is 302 g/mol. The lowest BCUT2D eigenvalue weighted by molar-refractivity contribution is 0.1000. The zero-order valence-corrected chi connectivity index (χ0v) is 12.7. The summed E-state index contributed by atoms with van der Waals surface area (Å²) < 4.78 is 26.4. The van der Waals surface area contributed by atoms with Gasteiger partial charge in [0.25, 0.3) is 0 Å². The summed E-state index contributed by atoms with van der Waals surface area (Å²) in [6.07, 6.45) is 0. The molecule has 112 valence electrons. The van der Waals surface area contributed by atoms with Crippen LogP contribution in [0, 0.1) is 0 Å². The molecule has 0 bridgehead atoms. The van der Waals surface area contributed by atoms with Crippen LogP contribution in [-0.4, -0.2) is 44.3 Å². The highest BCUT2D eigenvalue weighted by atomic mass is 35.5. The average Bonchev–Trinajstić information content (AvgIpc) is 2.39. The van der Waals surface area contributed by atoms with Gasteiger partial charge >= 0.3 is 0 Å². The number of amides is 1. The first-order valence-electron chi connectivity index (χ1n) is 6.05. The third kappa shape index (κ3) is 3.29. The first-order chi connectivity index (χ1) is 8.93. The molecule has 1 aromatic carbocycles. The van der Waals surface area contributed by atoms with Crippen molar-refractivity contribution < 1.29 is 13.2 Å². The van der Waals surface area contributed by atoms with E-state index in [4.69, 9.17) is 5.73 Å². The fraction of sp³-hybridized carbons (Fsp3) is 0.417. The van der Waals surface area contributed by atoms with Gasteiger partial charge in [0.05, 0.1) is 4.90 Å². The second-order valence-corrected chi connectivity index (χ2v) is 6.45. The molecule has 1 unspecified atom stereocenters. The van der Waals surface area contributed by atoms with Crippen LogP contribution in [0.5, 0.6) is 0 Å². The first-order valence-corrected chi connectivity index (χ1v) is 7.49. The van der Waals surface area contributed by atoms with Crippen molar-refractivity contribution in [2.45, 2.75) is 17.9 Å². The smallest absolute Gasteiger partial charge is 0.248 e. The van der Waals surface area contributed by atoms with Crippen LogP contribution in [0.4, 0.5) is 0 Å². The highest BCUT2D eigenvalue weighted by Crippen LogP contribution is 2.19. The van der Waals surface area contributed by atoms with Gasteiger partial charge in [0.2, 0.25) is 15.9 Å². The quantitative estimate of drug-likeness (QED) is 0.832. The normalized spacial score (nSPS) is 20.1. The van der Waals surface area contributed by atoms with Crippen molar-refractivity contribution in [3.8, 4) is 0 Å². The molecule has 0 spiro atoms. The topological polar surface area (TPSA) is 92.5 Å². The number of carbonyl (C=O) groups excluding carboxylic acids is 1. The van der Waals surface area contributed by atoms with E-state index in [9.17, 15) is 13.2 Å². The van der Waals surface area contributed by atoms with Crippen molar-refractivity contribution in [2.75, 3.05) is 19.6 Å². The molecule has 0 aliphatic carbocycles. The van der Waals surface area contributed by atoms with Crippen LogP contribution >= 0.6 is 12.4 Å². The Labute approximate surface area is 124 Å². The number of primary amides is 1. The zero-order valence-electron chi connectivity index (χ0n) is 11.1. The van der Waals surface area contributed by atoms with E-state index in [0.717, 1.165) is 0 Å². The summed E-state index contributed by atoms with van der Waals surface area (Å²) >= 11 is 0. The molecule has 3 N–H and O–H groups in total. The number of benzene rings is 1. The van der Waals surface area contributed by atoms with E-state index < -0.39 is 15.9 Å². The Kier molecular flexibility index (Phi) is 5.52. The average molecular weight is 320 g/mol. The Morgan fingerprint density at radius 3 is 2.45 bits per heavy atom. The zero-order chi connectivity index (χ0) is 14.0. The number of nitrogens with one attached hydrogen (secondary N) is 1. The molecule has 6 nitrogen and oxygen atoms in total. The minimum atomic E-state index is -3.51. The standard InChI is InChI=1S/C12H17N3O3S.ClH/c1-9-8-14-6-7-15(9)19(17,18)11-4-2-10(3-5-11)12(13)16;/h2-5,9,14H,6-8H2,1H3,(H2,13,16);1H. The number of nitrogens with zero attached hydrogens (tertiary/aromatic N) is 1. The maximum atomic E-state index is 12.5. The highest BCUT2D eigenvalue weighted by molar-refractivity contribution is 7.89. The number of rotatable bonds is 3. The number of carbonyl (C=O) groups is 1. The van der Waals surface area contributed by atoms with Gasteiger partial charge in [-0.25, -0.2) is 8.42 Å². The van der Waals surface area contributed by atoms with Crippen molar-refractivity contribution in [1.29, 1.82) is 0 Å². The van der Waals surface area contributed by atoms with Gasteiger partial charge < -0.3 is 11.1 Å². The number of piperazine rings is 1. The summed E-state index contributed by atoms with van der Waals surface area (Å²) in [4.78, 5) is 11.2. The monoisotopic (exact) mass is 319 g/mol. The third-order valence-corrected chi connectivity index (χ3v) is 5.21. The van der Waals surface area contributed by atoms with Crippen LogP contribution in [0.2, 0.25) is 0 Å². The summed E-state index contributed by atoms with van der Waals surface area (Å²) in [7, 11) is -3.51. The van der Waals surface area contributed by atoms with E-state index in [1.54, 1.807) is 0 Å². The van der Waals surface area contributed by atoms with Crippen molar-refractivity contribution in [3.05, 3.63) is 29.8 Å². The Bertz CT molecular complexity index is 574. The molecule has 1 aliphatic heterocycles. The van der Waals surface area contributed by atoms with Crippen molar-refractivity contribution in [1.82, 2.24) is 9.62 Å². The number of nitrogens with two attached hydrogens (primary N) is 1. The van der Waals surface area contributed by atoms with E-state index in [-0.39, 0.29) is 23.3 Å². The van der Waals surface area contributed by atoms with Gasteiger partial charge in [0.1, 0.15) is 0 Å². The summed E-state index contributed by atoms with van der Waals surface area (Å²) in [6.45, 7) is 3.59. The highest BCUT2D eigenvalue weighted by Gasteiger charge is 2.30. The summed E-state index contributed by atoms with van der Waals surface area (Å²) in [6, 6.07) is 5.62. The van der Waals surface area contributed by atoms with Gasteiger partial charge in [0, 0.05) is 31.2 Å². The minimum absolute atomic E-state index is 0. The maximum absolute atomic E-state index is 12.5. The predicted octanol–water partition coefficient (Wildman–Crippen LogP) is 0.190. The van der Waals surface area contributed by atoms with Crippen molar-refractivity contribution in [3.63, 3.8) is 0 Å². The lowest BCUT2D eigenvalue weighted by Crippen LogP contribution is -2.52. The lowest BCUT2D eigenvalue weighted by atomic mass is 10.2. The van der Waals surface area contributed by atoms with E-state index in [0.29, 0.717) is 25.2 Å². The maximum Gasteiger partial charge on any atom is 0.248 e. The molecule has 1 amide bonds. The molecule has 1 aliphatic rings. The largest absolute Gasteiger partial charge is 0.366 e. The summed E-state index contributed by atoms with van der Waals surface area (Å²) in [5, 5.41) is 3.14. The van der Waals surface area contributed by atoms with Gasteiger partial charge in [0.15, 0.2) is 0 Å². The molecule has 2 rings (SSSR count). The molecule has 1 aromatic rings. The number of sulfonamides is 1. The Hall–Kier alpha value is -1.15. The molecule has 1 atom stereocenters. The first kappa shape index (κ1) is 16.9. The van der Waals surface area contributed by atoms with Gasteiger partial charge in [-0.05, 0) is 31.2 Å². The minimum Gasteiger partial charge on any atom is -0.366 e. The fourth-order valence-electron chi connectivity index (χ4n) is 2.11. The fourth-order valence-corrected chi connectivity index (χ4v) is 3.74. The van der Waals surface area contributed by atoms with E-state index >= 15 is 0 Å². The van der Waals surface area contributed by atoms with E-state index in [1.807, 2.05) is 6.92 Å². The van der Waals surface area contributed by atoms with Crippen LogP contribution in [-0.2, 0) is 10.0 Å². The number of hydrogen-bond acceptors (Lipinski definition) is 4. The molecule has 0 saturated carbocycles. The van der Waals surface area contributed by atoms with Crippen LogP contribution in [0.15, 0.2) is 29.2 Å². The number of hydrogen-bond donors (Lipinski definition) is 2. The van der Waals surface area contributed by atoms with Gasteiger partial charge in [-0.15, -0.1) is 12.4 Å². The summed E-state index contributed by atoms with van der Waals surface area (Å²) in [5.74, 6) is -0.570. The molecule has 20 heavy (non-hydrogen) atoms. The van der Waals surface area contributed by atoms with Gasteiger partial charge in [-0.1, -0.05) is 0 Å². The van der Waals surface area contributed by atoms with Gasteiger partial charge in [-0.2, -0.15) is 4.31 Å². The molecule has 0 radical (unpaired) electrons. The van der Waals surface area contributed by atoms with E-state index in [1.165, 1.54) is 28.6 Å². The number of halogens is 1. The van der Waals surface area contributed by atoms with Crippen LogP contribution in [0.25, 0.3) is 0 Å². The molecule has 8 heteroatoms. The second-order valence-electron chi connectivity index (χ2n) is 4.56. The Morgan fingerprint density at radius 2 is 1.95 bits per heavy atom. The second kappa shape index (κ2) is 6.53. The molecule has 0 aromatic heterocycles. The van der Waals surface area contributed by atoms with Crippen LogP contribution in [0.3, 0.4) is 0 Å². The van der Waals surface area contributed by atoms with Crippen molar-refractivity contribution in [2.24, 2.45) is 5.73 Å². The molecule has 1 saturated heterocycles. The van der Waals surface area contributed by atoms with E-state index in [2.05, 4.69) is 5.32 Å². The molecule has 1 fully saturated rings. The predicted molar refractivity (Wildman–Crippen MR) is 78.4 cm³/mol. The third-order valence-electron chi connectivity index (χ3n) is 3.19. The SMILES string of the molecule is CC1CNCCN1S(=O)(=O)c1ccc(C(N)=O)cc1.Cl. The summed E-state index contributed by atoms with van der Waals surface area (Å²) in [5.41, 5.74) is 5.43. The lowest BCUT2D eigenvalue weighted by Gasteiger charge is -2.32. The molecule has 1 heterocycles. The van der Waals surface area contributed by atoms with Gasteiger partial charge in [-0.3, -0.25) is 4.79 Å². The van der Waals surface area contributed by atoms with Crippen molar-refractivity contribution >= 4 is 28.3 Å². The Morgan fingerprint density at radius 1 is 1.35 bits per heavy atom.